The highest BCUT2D eigenvalue weighted by Crippen LogP contribution is 2.63. The molecule has 0 aliphatic heterocycles. The molecule has 0 spiro atoms. The van der Waals surface area contributed by atoms with Crippen LogP contribution in [0.4, 0.5) is 0 Å². The van der Waals surface area contributed by atoms with Crippen molar-refractivity contribution in [3.63, 3.8) is 0 Å². The molecule has 0 aromatic heterocycles. The predicted molar refractivity (Wildman–Crippen MR) is 93.3 cm³/mol. The second-order valence-corrected chi connectivity index (χ2v) is 14.3. The van der Waals surface area contributed by atoms with E-state index in [2.05, 4.69) is 38.1 Å². The van der Waals surface area contributed by atoms with E-state index in [1.54, 1.807) is 0 Å². The average molecular weight is 335 g/mol. The van der Waals surface area contributed by atoms with Crippen LogP contribution in [-0.2, 0) is 8.85 Å². The molecule has 2 bridgehead atoms. The van der Waals surface area contributed by atoms with Gasteiger partial charge in [-0.25, -0.2) is 0 Å². The molecule has 0 saturated heterocycles. The molecule has 2 aliphatic carbocycles. The third-order valence-electron chi connectivity index (χ3n) is 5.04. The van der Waals surface area contributed by atoms with E-state index in [1.807, 2.05) is 25.0 Å². The minimum absolute atomic E-state index is 0.259. The van der Waals surface area contributed by atoms with Gasteiger partial charge < -0.3 is 8.85 Å². The Morgan fingerprint density at radius 2 is 1.85 bits per heavy atom. The zero-order valence-corrected chi connectivity index (χ0v) is 16.5. The van der Waals surface area contributed by atoms with Gasteiger partial charge in [0.05, 0.1) is 4.37 Å². The smallest absolute Gasteiger partial charge is 0.352 e. The molecule has 20 heavy (non-hydrogen) atoms. The van der Waals surface area contributed by atoms with E-state index in [4.69, 9.17) is 8.85 Å². The predicted octanol–water partition coefficient (Wildman–Crippen LogP) is 4.88. The SMILES string of the molecule is CO[Si](C)(OC)C1(SSCC(C)(C)C)CC2CCC1C2. The first kappa shape index (κ1) is 17.2. The van der Waals surface area contributed by atoms with Gasteiger partial charge in [0.15, 0.2) is 0 Å². The topological polar surface area (TPSA) is 18.5 Å². The summed E-state index contributed by atoms with van der Waals surface area (Å²) >= 11 is 0. The molecule has 2 fully saturated rings. The molecule has 2 saturated carbocycles. The summed E-state index contributed by atoms with van der Waals surface area (Å²) < 4.78 is 12.2. The van der Waals surface area contributed by atoms with Crippen LogP contribution >= 0.6 is 21.6 Å². The summed E-state index contributed by atoms with van der Waals surface area (Å²) in [5.74, 6) is 2.91. The maximum atomic E-state index is 5.99. The van der Waals surface area contributed by atoms with Crippen molar-refractivity contribution in [2.75, 3.05) is 20.0 Å². The van der Waals surface area contributed by atoms with E-state index in [0.717, 1.165) is 11.8 Å². The third-order valence-corrected chi connectivity index (χ3v) is 14.1. The largest absolute Gasteiger partial charge is 0.397 e. The van der Waals surface area contributed by atoms with Crippen LogP contribution in [0.2, 0.25) is 6.55 Å². The van der Waals surface area contributed by atoms with Crippen LogP contribution in [0.25, 0.3) is 0 Å². The lowest BCUT2D eigenvalue weighted by Crippen LogP contribution is -2.60. The molecule has 2 rings (SSSR count). The van der Waals surface area contributed by atoms with Crippen molar-refractivity contribution in [2.45, 2.75) is 57.4 Å². The molecule has 2 nitrogen and oxygen atoms in total. The van der Waals surface area contributed by atoms with Crippen LogP contribution in [0.1, 0.15) is 46.5 Å². The van der Waals surface area contributed by atoms with Gasteiger partial charge in [-0.2, -0.15) is 0 Å². The number of hydrogen-bond acceptors (Lipinski definition) is 4. The van der Waals surface area contributed by atoms with Crippen LogP contribution in [-0.4, -0.2) is 32.9 Å². The minimum Gasteiger partial charge on any atom is -0.397 e. The van der Waals surface area contributed by atoms with Crippen molar-refractivity contribution in [3.8, 4) is 0 Å². The molecular weight excluding hydrogens is 304 g/mol. The summed E-state index contributed by atoms with van der Waals surface area (Å²) in [6.45, 7) is 9.23. The molecular formula is C15H30O2S2Si. The van der Waals surface area contributed by atoms with Gasteiger partial charge >= 0.3 is 8.56 Å². The van der Waals surface area contributed by atoms with E-state index in [9.17, 15) is 0 Å². The molecule has 5 heteroatoms. The second-order valence-electron chi connectivity index (χ2n) is 7.73. The highest BCUT2D eigenvalue weighted by Gasteiger charge is 2.64. The van der Waals surface area contributed by atoms with Crippen LogP contribution < -0.4 is 0 Å². The normalized spacial score (nSPS) is 33.9. The van der Waals surface area contributed by atoms with Crippen LogP contribution in [0.5, 0.6) is 0 Å². The molecule has 3 unspecified atom stereocenters. The molecule has 0 amide bonds. The summed E-state index contributed by atoms with van der Waals surface area (Å²) in [6.07, 6.45) is 5.51. The van der Waals surface area contributed by atoms with Crippen LogP contribution in [0.15, 0.2) is 0 Å². The average Bonchev–Trinajstić information content (AvgIpc) is 2.97. The minimum atomic E-state index is -2.12. The van der Waals surface area contributed by atoms with Crippen molar-refractivity contribution in [1.82, 2.24) is 0 Å². The Bertz CT molecular complexity index is 341. The van der Waals surface area contributed by atoms with E-state index in [-0.39, 0.29) is 4.37 Å². The van der Waals surface area contributed by atoms with Gasteiger partial charge in [0.2, 0.25) is 0 Å². The number of fused-ring (bicyclic) bond motifs is 2. The molecule has 0 aromatic rings. The monoisotopic (exact) mass is 334 g/mol. The molecule has 0 N–H and O–H groups in total. The van der Waals surface area contributed by atoms with Crippen LogP contribution in [0, 0.1) is 17.3 Å². The van der Waals surface area contributed by atoms with E-state index < -0.39 is 8.56 Å². The number of rotatable bonds is 6. The highest BCUT2D eigenvalue weighted by molar-refractivity contribution is 8.77. The summed E-state index contributed by atoms with van der Waals surface area (Å²) in [5, 5.41) is 0. The summed E-state index contributed by atoms with van der Waals surface area (Å²) in [4.78, 5) is 0. The van der Waals surface area contributed by atoms with Crippen molar-refractivity contribution in [2.24, 2.45) is 17.3 Å². The zero-order valence-electron chi connectivity index (χ0n) is 13.8. The fourth-order valence-corrected chi connectivity index (χ4v) is 13.0. The lowest BCUT2D eigenvalue weighted by molar-refractivity contribution is 0.214. The second kappa shape index (κ2) is 6.15. The highest BCUT2D eigenvalue weighted by atomic mass is 33.1. The van der Waals surface area contributed by atoms with Crippen molar-refractivity contribution in [3.05, 3.63) is 0 Å². The van der Waals surface area contributed by atoms with Crippen molar-refractivity contribution in [1.29, 1.82) is 0 Å². The Morgan fingerprint density at radius 1 is 1.20 bits per heavy atom. The van der Waals surface area contributed by atoms with Crippen molar-refractivity contribution >= 4 is 30.1 Å². The Labute approximate surface area is 133 Å². The molecule has 3 atom stereocenters. The van der Waals surface area contributed by atoms with Gasteiger partial charge in [-0.1, -0.05) is 48.8 Å². The van der Waals surface area contributed by atoms with Gasteiger partial charge in [0.1, 0.15) is 0 Å². The fraction of sp³-hybridized carbons (Fsp3) is 1.00. The fourth-order valence-electron chi connectivity index (χ4n) is 3.75. The van der Waals surface area contributed by atoms with Gasteiger partial charge in [0.25, 0.3) is 0 Å². The van der Waals surface area contributed by atoms with Crippen LogP contribution in [0.3, 0.4) is 0 Å². The quantitative estimate of drug-likeness (QED) is 0.509. The van der Waals surface area contributed by atoms with Crippen molar-refractivity contribution < 1.29 is 8.85 Å². The van der Waals surface area contributed by atoms with E-state index >= 15 is 0 Å². The summed E-state index contributed by atoms with van der Waals surface area (Å²) in [6, 6.07) is 0. The molecule has 2 aliphatic rings. The van der Waals surface area contributed by atoms with E-state index in [0.29, 0.717) is 5.41 Å². The Kier molecular flexibility index (Phi) is 5.29. The number of hydrogen-bond donors (Lipinski definition) is 0. The molecule has 0 aromatic carbocycles. The third kappa shape index (κ3) is 3.12. The van der Waals surface area contributed by atoms with E-state index in [1.165, 1.54) is 31.4 Å². The van der Waals surface area contributed by atoms with Gasteiger partial charge in [-0.05, 0) is 43.1 Å². The lowest BCUT2D eigenvalue weighted by Gasteiger charge is -2.46. The molecule has 118 valence electrons. The Balaban J connectivity index is 2.14. The maximum absolute atomic E-state index is 5.99. The first-order valence-electron chi connectivity index (χ1n) is 7.67. The molecule has 0 radical (unpaired) electrons. The standard InChI is InChI=1S/C15H30O2S2Si/c1-14(2,3)11-18-19-15(20(6,16-4)17-5)10-12-7-8-13(15)9-12/h12-13H,7-11H2,1-6H3. The molecule has 0 heterocycles. The lowest BCUT2D eigenvalue weighted by atomic mass is 9.99. The zero-order chi connectivity index (χ0) is 15.0. The first-order chi connectivity index (χ1) is 9.26. The maximum Gasteiger partial charge on any atom is 0.352 e. The Hall–Kier alpha value is 0.837. The van der Waals surface area contributed by atoms with Gasteiger partial charge in [-0.3, -0.25) is 0 Å². The first-order valence-corrected chi connectivity index (χ1v) is 12.3. The van der Waals surface area contributed by atoms with Gasteiger partial charge in [0, 0.05) is 20.0 Å². The Morgan fingerprint density at radius 3 is 2.25 bits per heavy atom. The summed E-state index contributed by atoms with van der Waals surface area (Å²) in [5.41, 5.74) is 0.384. The summed E-state index contributed by atoms with van der Waals surface area (Å²) in [7, 11) is 5.75. The van der Waals surface area contributed by atoms with Gasteiger partial charge in [-0.15, -0.1) is 0 Å².